The Bertz CT molecular complexity index is 981. The van der Waals surface area contributed by atoms with Gasteiger partial charge in [-0.1, -0.05) is 30.3 Å². The number of rotatable bonds is 4. The Balaban J connectivity index is 1.85. The zero-order valence-corrected chi connectivity index (χ0v) is 15.6. The number of benzene rings is 2. The lowest BCUT2D eigenvalue weighted by molar-refractivity contribution is -0.143. The van der Waals surface area contributed by atoms with Crippen molar-refractivity contribution in [3.8, 4) is 0 Å². The summed E-state index contributed by atoms with van der Waals surface area (Å²) in [6.45, 7) is 0.534. The molecular formula is C21H18F3NO2S. The van der Waals surface area contributed by atoms with Crippen LogP contribution in [-0.4, -0.2) is 28.6 Å². The van der Waals surface area contributed by atoms with Gasteiger partial charge >= 0.3 is 12.1 Å². The molecule has 4 rings (SSSR count). The smallest absolute Gasteiger partial charge is 0.416 e. The van der Waals surface area contributed by atoms with Crippen molar-refractivity contribution in [3.63, 3.8) is 0 Å². The number of likely N-dealkylation sites (tertiary alicyclic amines) is 1. The number of carboxylic acid groups (broad SMARTS) is 1. The number of alkyl halides is 3. The first-order chi connectivity index (χ1) is 13.3. The number of aliphatic carboxylic acids is 1. The van der Waals surface area contributed by atoms with Crippen LogP contribution >= 0.6 is 11.3 Å². The molecule has 1 saturated heterocycles. The van der Waals surface area contributed by atoms with E-state index in [-0.39, 0.29) is 0 Å². The Morgan fingerprint density at radius 2 is 1.93 bits per heavy atom. The zero-order valence-electron chi connectivity index (χ0n) is 14.8. The number of hydrogen-bond acceptors (Lipinski definition) is 3. The van der Waals surface area contributed by atoms with Gasteiger partial charge in [0.05, 0.1) is 11.6 Å². The maximum absolute atomic E-state index is 13.3. The molecule has 7 heteroatoms. The van der Waals surface area contributed by atoms with Gasteiger partial charge in [0.1, 0.15) is 6.04 Å². The molecular weight excluding hydrogens is 387 g/mol. The molecule has 1 aromatic heterocycles. The van der Waals surface area contributed by atoms with Gasteiger partial charge in [0.15, 0.2) is 0 Å². The van der Waals surface area contributed by atoms with Crippen molar-refractivity contribution in [2.24, 2.45) is 0 Å². The molecule has 3 aromatic rings. The molecule has 0 radical (unpaired) electrons. The molecule has 1 N–H and O–H groups in total. The Labute approximate surface area is 164 Å². The van der Waals surface area contributed by atoms with Crippen molar-refractivity contribution >= 4 is 27.4 Å². The van der Waals surface area contributed by atoms with Crippen LogP contribution in [0.1, 0.15) is 34.9 Å². The van der Waals surface area contributed by atoms with E-state index in [0.717, 1.165) is 27.1 Å². The summed E-state index contributed by atoms with van der Waals surface area (Å²) in [6.07, 6.45) is -3.25. The summed E-state index contributed by atoms with van der Waals surface area (Å²) in [7, 11) is 0. The minimum absolute atomic E-state index is 0.467. The second-order valence-electron chi connectivity index (χ2n) is 6.95. The topological polar surface area (TPSA) is 40.5 Å². The number of fused-ring (bicyclic) bond motifs is 1. The van der Waals surface area contributed by atoms with Crippen LogP contribution in [0.3, 0.4) is 0 Å². The van der Waals surface area contributed by atoms with Crippen molar-refractivity contribution in [1.82, 2.24) is 4.90 Å². The van der Waals surface area contributed by atoms with Gasteiger partial charge in [0.25, 0.3) is 0 Å². The molecule has 0 bridgehead atoms. The summed E-state index contributed by atoms with van der Waals surface area (Å²) in [5.74, 6) is -0.935. The lowest BCUT2D eigenvalue weighted by Gasteiger charge is -2.31. The van der Waals surface area contributed by atoms with Gasteiger partial charge in [-0.3, -0.25) is 9.69 Å². The fourth-order valence-corrected chi connectivity index (χ4v) is 5.12. The lowest BCUT2D eigenvalue weighted by atomic mass is 9.99. The van der Waals surface area contributed by atoms with Crippen molar-refractivity contribution in [3.05, 3.63) is 70.6 Å². The number of thiophene rings is 1. The number of hydrogen-bond donors (Lipinski definition) is 1. The van der Waals surface area contributed by atoms with Gasteiger partial charge < -0.3 is 5.11 Å². The average Bonchev–Trinajstić information content (AvgIpc) is 3.28. The largest absolute Gasteiger partial charge is 0.480 e. The van der Waals surface area contributed by atoms with E-state index in [1.54, 1.807) is 6.07 Å². The Hall–Kier alpha value is -2.38. The predicted molar refractivity (Wildman–Crippen MR) is 102 cm³/mol. The van der Waals surface area contributed by atoms with Crippen LogP contribution in [0, 0.1) is 0 Å². The van der Waals surface area contributed by atoms with Gasteiger partial charge in [-0.15, -0.1) is 11.3 Å². The molecule has 0 saturated carbocycles. The normalized spacial score (nSPS) is 19.2. The summed E-state index contributed by atoms with van der Waals surface area (Å²) >= 11 is 1.50. The van der Waals surface area contributed by atoms with Crippen LogP contribution in [0.25, 0.3) is 10.1 Å². The molecule has 3 nitrogen and oxygen atoms in total. The summed E-state index contributed by atoms with van der Waals surface area (Å²) in [5.41, 5.74) is -0.253. The van der Waals surface area contributed by atoms with Crippen LogP contribution < -0.4 is 0 Å². The second kappa shape index (κ2) is 7.22. The molecule has 1 aliphatic rings. The third-order valence-electron chi connectivity index (χ3n) is 5.15. The van der Waals surface area contributed by atoms with Crippen LogP contribution in [0.2, 0.25) is 0 Å². The van der Waals surface area contributed by atoms with Crippen LogP contribution in [0.4, 0.5) is 13.2 Å². The highest BCUT2D eigenvalue weighted by atomic mass is 32.1. The Kier molecular flexibility index (Phi) is 4.89. The molecule has 146 valence electrons. The summed E-state index contributed by atoms with van der Waals surface area (Å²) in [6, 6.07) is 13.7. The van der Waals surface area contributed by atoms with E-state index < -0.39 is 29.8 Å². The van der Waals surface area contributed by atoms with Crippen molar-refractivity contribution in [2.45, 2.75) is 31.1 Å². The molecule has 0 aliphatic carbocycles. The Morgan fingerprint density at radius 3 is 2.64 bits per heavy atom. The molecule has 28 heavy (non-hydrogen) atoms. The minimum Gasteiger partial charge on any atom is -0.480 e. The third-order valence-corrected chi connectivity index (χ3v) is 6.32. The number of nitrogens with zero attached hydrogens (tertiary/aromatic N) is 1. The fourth-order valence-electron chi connectivity index (χ4n) is 3.90. The quantitative estimate of drug-likeness (QED) is 0.618. The third kappa shape index (κ3) is 3.52. The summed E-state index contributed by atoms with van der Waals surface area (Å²) in [5, 5.41) is 10.6. The highest BCUT2D eigenvalue weighted by Crippen LogP contribution is 2.41. The standard InChI is InChI=1S/C21H18F3NO2S/c22-21(23,24)15-7-3-6-14(11-15)19(25-10-4-8-16(25)20(26)27)18-12-13-5-1-2-9-17(13)28-18/h1-3,5-7,9,11-12,16,19H,4,8,10H2,(H,26,27). The van der Waals surface area contributed by atoms with Gasteiger partial charge in [-0.2, -0.15) is 13.2 Å². The molecule has 2 atom stereocenters. The van der Waals surface area contributed by atoms with Gasteiger partial charge in [-0.25, -0.2) is 0 Å². The Morgan fingerprint density at radius 1 is 1.14 bits per heavy atom. The molecule has 1 aliphatic heterocycles. The van der Waals surface area contributed by atoms with E-state index >= 15 is 0 Å². The maximum atomic E-state index is 13.3. The molecule has 2 heterocycles. The number of carbonyl (C=O) groups is 1. The van der Waals surface area contributed by atoms with Crippen LogP contribution in [-0.2, 0) is 11.0 Å². The highest BCUT2D eigenvalue weighted by Gasteiger charge is 2.38. The first-order valence-electron chi connectivity index (χ1n) is 8.99. The van der Waals surface area contributed by atoms with Crippen molar-refractivity contribution < 1.29 is 23.1 Å². The van der Waals surface area contributed by atoms with E-state index in [0.29, 0.717) is 24.9 Å². The van der Waals surface area contributed by atoms with E-state index in [4.69, 9.17) is 0 Å². The number of halogens is 3. The second-order valence-corrected chi connectivity index (χ2v) is 8.06. The van der Waals surface area contributed by atoms with Crippen molar-refractivity contribution in [2.75, 3.05) is 6.54 Å². The van der Waals surface area contributed by atoms with E-state index in [1.165, 1.54) is 17.4 Å². The fraction of sp³-hybridized carbons (Fsp3) is 0.286. The molecule has 0 spiro atoms. The van der Waals surface area contributed by atoms with Gasteiger partial charge in [-0.05, 0) is 48.1 Å². The minimum atomic E-state index is -4.45. The van der Waals surface area contributed by atoms with Crippen LogP contribution in [0.15, 0.2) is 54.6 Å². The number of carboxylic acids is 1. The van der Waals surface area contributed by atoms with E-state index in [1.807, 2.05) is 35.2 Å². The molecule has 2 aromatic carbocycles. The molecule has 1 fully saturated rings. The highest BCUT2D eigenvalue weighted by molar-refractivity contribution is 7.19. The SMILES string of the molecule is O=C(O)C1CCCN1C(c1cccc(C(F)(F)F)c1)c1cc2ccccc2s1. The first kappa shape index (κ1) is 19.0. The lowest BCUT2D eigenvalue weighted by Crippen LogP contribution is -2.39. The summed E-state index contributed by atoms with van der Waals surface area (Å²) < 4.78 is 40.9. The van der Waals surface area contributed by atoms with E-state index in [2.05, 4.69) is 0 Å². The zero-order chi connectivity index (χ0) is 19.9. The van der Waals surface area contributed by atoms with Crippen LogP contribution in [0.5, 0.6) is 0 Å². The van der Waals surface area contributed by atoms with Gasteiger partial charge in [0, 0.05) is 16.1 Å². The molecule has 2 unspecified atom stereocenters. The molecule has 0 amide bonds. The predicted octanol–water partition coefficient (Wildman–Crippen LogP) is 5.56. The average molecular weight is 405 g/mol. The monoisotopic (exact) mass is 405 g/mol. The maximum Gasteiger partial charge on any atom is 0.416 e. The van der Waals surface area contributed by atoms with E-state index in [9.17, 15) is 23.1 Å². The van der Waals surface area contributed by atoms with Crippen molar-refractivity contribution in [1.29, 1.82) is 0 Å². The summed E-state index contributed by atoms with van der Waals surface area (Å²) in [4.78, 5) is 14.4. The first-order valence-corrected chi connectivity index (χ1v) is 9.80. The van der Waals surface area contributed by atoms with Gasteiger partial charge in [0.2, 0.25) is 0 Å².